The van der Waals surface area contributed by atoms with Crippen molar-refractivity contribution in [3.8, 4) is 0 Å². The molecule has 0 spiro atoms. The molecule has 0 amide bonds. The highest BCUT2D eigenvalue weighted by atomic mass is 14.7. The Hall–Kier alpha value is -0.720. The van der Waals surface area contributed by atoms with Gasteiger partial charge in [-0.3, -0.25) is 0 Å². The number of nitrogens with one attached hydrogen (secondary N) is 1. The number of H-pyrrole nitrogens is 1. The van der Waals surface area contributed by atoms with Crippen LogP contribution in [0.3, 0.4) is 0 Å². The van der Waals surface area contributed by atoms with Gasteiger partial charge in [0.05, 0.1) is 0 Å². The van der Waals surface area contributed by atoms with Crippen LogP contribution in [0.5, 0.6) is 0 Å². The fourth-order valence-corrected chi connectivity index (χ4v) is 2.52. The molecule has 1 aromatic rings. The summed E-state index contributed by atoms with van der Waals surface area (Å²) in [7, 11) is 0. The number of aromatic nitrogens is 1. The maximum Gasteiger partial charge on any atom is 0.0149 e. The molecule has 1 aromatic heterocycles. The van der Waals surface area contributed by atoms with Gasteiger partial charge in [0.2, 0.25) is 0 Å². The van der Waals surface area contributed by atoms with Gasteiger partial charge in [0.25, 0.3) is 0 Å². The first kappa shape index (κ1) is 14.3. The van der Waals surface area contributed by atoms with Crippen molar-refractivity contribution in [1.29, 1.82) is 0 Å². The van der Waals surface area contributed by atoms with Gasteiger partial charge >= 0.3 is 0 Å². The van der Waals surface area contributed by atoms with E-state index in [1.807, 2.05) is 6.20 Å². The van der Waals surface area contributed by atoms with Crippen molar-refractivity contribution >= 4 is 0 Å². The Morgan fingerprint density at radius 2 is 1.65 bits per heavy atom. The van der Waals surface area contributed by atoms with Crippen LogP contribution >= 0.6 is 0 Å². The minimum atomic E-state index is 0.895. The average Bonchev–Trinajstić information content (AvgIpc) is 2.82. The quantitative estimate of drug-likeness (QED) is 0.527. The third-order valence-electron chi connectivity index (χ3n) is 3.60. The molecular formula is C16H29N. The highest BCUT2D eigenvalue weighted by molar-refractivity contribution is 5.04. The van der Waals surface area contributed by atoms with Gasteiger partial charge in [0, 0.05) is 11.9 Å². The Morgan fingerprint density at radius 3 is 2.12 bits per heavy atom. The van der Waals surface area contributed by atoms with Crippen LogP contribution in [0.2, 0.25) is 0 Å². The summed E-state index contributed by atoms with van der Waals surface area (Å²) in [4.78, 5) is 3.35. The Kier molecular flexibility index (Phi) is 7.87. The molecule has 0 unspecified atom stereocenters. The minimum absolute atomic E-state index is 0.895. The van der Waals surface area contributed by atoms with Crippen LogP contribution in [-0.4, -0.2) is 4.98 Å². The maximum absolute atomic E-state index is 3.35. The Morgan fingerprint density at radius 1 is 1.00 bits per heavy atom. The summed E-state index contributed by atoms with van der Waals surface area (Å²) in [6.45, 7) is 4.58. The lowest BCUT2D eigenvalue weighted by atomic mass is 9.91. The normalized spacial score (nSPS) is 11.2. The molecule has 0 saturated carbocycles. The van der Waals surface area contributed by atoms with Crippen LogP contribution in [0.25, 0.3) is 0 Å². The van der Waals surface area contributed by atoms with Crippen LogP contribution in [-0.2, 0) is 6.42 Å². The van der Waals surface area contributed by atoms with E-state index >= 15 is 0 Å². The molecule has 0 aliphatic carbocycles. The Labute approximate surface area is 107 Å². The zero-order valence-corrected chi connectivity index (χ0v) is 11.7. The van der Waals surface area contributed by atoms with Crippen molar-refractivity contribution in [1.82, 2.24) is 4.98 Å². The van der Waals surface area contributed by atoms with E-state index in [9.17, 15) is 0 Å². The Bertz CT molecular complexity index is 240. The molecule has 1 heterocycles. The number of unbranched alkanes of at least 4 members (excludes halogenated alkanes) is 4. The van der Waals surface area contributed by atoms with Gasteiger partial charge < -0.3 is 4.98 Å². The van der Waals surface area contributed by atoms with Crippen LogP contribution in [0.1, 0.15) is 70.9 Å². The van der Waals surface area contributed by atoms with Crippen molar-refractivity contribution in [2.45, 2.75) is 71.6 Å². The smallest absolute Gasteiger partial charge is 0.0149 e. The molecule has 0 aliphatic heterocycles. The molecule has 0 fully saturated rings. The van der Waals surface area contributed by atoms with Gasteiger partial charge in [0.1, 0.15) is 0 Å². The van der Waals surface area contributed by atoms with Gasteiger partial charge in [-0.2, -0.15) is 0 Å². The lowest BCUT2D eigenvalue weighted by Crippen LogP contribution is -2.05. The highest BCUT2D eigenvalue weighted by Crippen LogP contribution is 2.21. The van der Waals surface area contributed by atoms with E-state index in [0.717, 1.165) is 5.92 Å². The molecule has 0 bridgehead atoms. The first-order valence-electron chi connectivity index (χ1n) is 7.49. The van der Waals surface area contributed by atoms with E-state index in [2.05, 4.69) is 31.0 Å². The molecular weight excluding hydrogens is 206 g/mol. The molecule has 1 rings (SSSR count). The molecule has 98 valence electrons. The summed E-state index contributed by atoms with van der Waals surface area (Å²) in [5.74, 6) is 0.895. The van der Waals surface area contributed by atoms with E-state index in [4.69, 9.17) is 0 Å². The topological polar surface area (TPSA) is 15.8 Å². The summed E-state index contributed by atoms with van der Waals surface area (Å²) >= 11 is 0. The fourth-order valence-electron chi connectivity index (χ4n) is 2.52. The van der Waals surface area contributed by atoms with E-state index in [1.54, 1.807) is 0 Å². The van der Waals surface area contributed by atoms with Gasteiger partial charge in [-0.15, -0.1) is 0 Å². The van der Waals surface area contributed by atoms with Crippen molar-refractivity contribution in [2.75, 3.05) is 0 Å². The average molecular weight is 235 g/mol. The van der Waals surface area contributed by atoms with E-state index in [0.29, 0.717) is 0 Å². The highest BCUT2D eigenvalue weighted by Gasteiger charge is 2.09. The standard InChI is InChI=1S/C16H29N/c1-3-5-7-10-15(11-8-6-4-2)14-16-12-9-13-17-16/h9,12-13,15,17H,3-8,10-11,14H2,1-2H3. The first-order chi connectivity index (χ1) is 8.36. The first-order valence-corrected chi connectivity index (χ1v) is 7.49. The zero-order valence-electron chi connectivity index (χ0n) is 11.7. The summed E-state index contributed by atoms with van der Waals surface area (Å²) in [6.07, 6.45) is 14.4. The van der Waals surface area contributed by atoms with Crippen LogP contribution in [0.15, 0.2) is 18.3 Å². The lowest BCUT2D eigenvalue weighted by molar-refractivity contribution is 0.405. The monoisotopic (exact) mass is 235 g/mol. The lowest BCUT2D eigenvalue weighted by Gasteiger charge is -2.16. The number of hydrogen-bond acceptors (Lipinski definition) is 0. The van der Waals surface area contributed by atoms with Crippen molar-refractivity contribution in [3.63, 3.8) is 0 Å². The fraction of sp³-hybridized carbons (Fsp3) is 0.750. The summed E-state index contributed by atoms with van der Waals surface area (Å²) < 4.78 is 0. The summed E-state index contributed by atoms with van der Waals surface area (Å²) in [6, 6.07) is 4.34. The molecule has 1 N–H and O–H groups in total. The molecule has 0 saturated heterocycles. The third-order valence-corrected chi connectivity index (χ3v) is 3.60. The second kappa shape index (κ2) is 9.32. The number of hydrogen-bond donors (Lipinski definition) is 1. The van der Waals surface area contributed by atoms with Crippen molar-refractivity contribution in [2.24, 2.45) is 5.92 Å². The van der Waals surface area contributed by atoms with Gasteiger partial charge in [-0.1, -0.05) is 65.2 Å². The van der Waals surface area contributed by atoms with Gasteiger partial charge in [-0.05, 0) is 24.5 Å². The maximum atomic E-state index is 3.35. The van der Waals surface area contributed by atoms with Crippen molar-refractivity contribution < 1.29 is 0 Å². The third kappa shape index (κ3) is 6.55. The predicted molar refractivity (Wildman–Crippen MR) is 76.3 cm³/mol. The summed E-state index contributed by atoms with van der Waals surface area (Å²) in [5, 5.41) is 0. The molecule has 0 aromatic carbocycles. The number of aromatic amines is 1. The number of rotatable bonds is 10. The van der Waals surface area contributed by atoms with Crippen LogP contribution in [0.4, 0.5) is 0 Å². The molecule has 1 nitrogen and oxygen atoms in total. The van der Waals surface area contributed by atoms with Crippen molar-refractivity contribution in [3.05, 3.63) is 24.0 Å². The van der Waals surface area contributed by atoms with E-state index in [-0.39, 0.29) is 0 Å². The molecule has 1 heteroatoms. The van der Waals surface area contributed by atoms with Crippen LogP contribution < -0.4 is 0 Å². The molecule has 0 atom stereocenters. The predicted octanol–water partition coefficient (Wildman–Crippen LogP) is 5.33. The van der Waals surface area contributed by atoms with Gasteiger partial charge in [0.15, 0.2) is 0 Å². The second-order valence-electron chi connectivity index (χ2n) is 5.26. The van der Waals surface area contributed by atoms with Gasteiger partial charge in [-0.25, -0.2) is 0 Å². The molecule has 0 radical (unpaired) electrons. The zero-order chi connectivity index (χ0) is 12.3. The molecule has 17 heavy (non-hydrogen) atoms. The summed E-state index contributed by atoms with van der Waals surface area (Å²) in [5.41, 5.74) is 1.42. The largest absolute Gasteiger partial charge is 0.365 e. The van der Waals surface area contributed by atoms with E-state index < -0.39 is 0 Å². The minimum Gasteiger partial charge on any atom is -0.365 e. The molecule has 0 aliphatic rings. The Balaban J connectivity index is 2.29. The van der Waals surface area contributed by atoms with E-state index in [1.165, 1.54) is 63.5 Å². The SMILES string of the molecule is CCCCCC(CCCCC)Cc1ccc[nH]1. The van der Waals surface area contributed by atoms with Crippen LogP contribution in [0, 0.1) is 5.92 Å². The second-order valence-corrected chi connectivity index (χ2v) is 5.26.